The van der Waals surface area contributed by atoms with E-state index >= 15 is 0 Å². The van der Waals surface area contributed by atoms with E-state index in [1.54, 1.807) is 37.3 Å². The summed E-state index contributed by atoms with van der Waals surface area (Å²) in [4.78, 5) is 11.1. The number of hydrogen-bond acceptors (Lipinski definition) is 3. The van der Waals surface area contributed by atoms with Gasteiger partial charge in [0.2, 0.25) is 9.84 Å². The molecule has 0 aliphatic carbocycles. The second-order valence-corrected chi connectivity index (χ2v) is 6.00. The highest BCUT2D eigenvalue weighted by atomic mass is 32.2. The molecule has 0 amide bonds. The first kappa shape index (κ1) is 11.9. The van der Waals surface area contributed by atoms with Crippen LogP contribution in [0.1, 0.15) is 18.9 Å². The maximum Gasteiger partial charge on any atom is 0.303 e. The number of sulfone groups is 1. The Morgan fingerprint density at radius 3 is 2.59 bits per heavy atom. The second kappa shape index (κ2) is 4.00. The summed E-state index contributed by atoms with van der Waals surface area (Å²) < 4.78 is 24.3. The van der Waals surface area contributed by atoms with Crippen LogP contribution in [0.25, 0.3) is 6.08 Å². The first-order valence-electron chi connectivity index (χ1n) is 5.20. The molecule has 1 atom stereocenters. The molecule has 1 aromatic carbocycles. The maximum atomic E-state index is 12.1. The van der Waals surface area contributed by atoms with Crippen LogP contribution in [0.3, 0.4) is 0 Å². The quantitative estimate of drug-likeness (QED) is 0.892. The topological polar surface area (TPSA) is 71.4 Å². The van der Waals surface area contributed by atoms with E-state index in [1.165, 1.54) is 0 Å². The Bertz CT molecular complexity index is 599. The van der Waals surface area contributed by atoms with Crippen molar-refractivity contribution in [1.82, 2.24) is 0 Å². The van der Waals surface area contributed by atoms with Gasteiger partial charge in [-0.3, -0.25) is 4.79 Å². The van der Waals surface area contributed by atoms with E-state index in [2.05, 4.69) is 0 Å². The Labute approximate surface area is 99.5 Å². The van der Waals surface area contributed by atoms with Crippen molar-refractivity contribution in [3.63, 3.8) is 0 Å². The van der Waals surface area contributed by atoms with Gasteiger partial charge in [0, 0.05) is 5.92 Å². The maximum absolute atomic E-state index is 12.1. The van der Waals surface area contributed by atoms with Gasteiger partial charge in [0.1, 0.15) is 0 Å². The molecule has 0 saturated carbocycles. The van der Waals surface area contributed by atoms with Crippen molar-refractivity contribution in [3.05, 3.63) is 34.7 Å². The third-order valence-electron chi connectivity index (χ3n) is 2.78. The van der Waals surface area contributed by atoms with Gasteiger partial charge in [-0.15, -0.1) is 0 Å². The first-order valence-corrected chi connectivity index (χ1v) is 6.69. The van der Waals surface area contributed by atoms with Crippen molar-refractivity contribution in [1.29, 1.82) is 0 Å². The smallest absolute Gasteiger partial charge is 0.303 e. The van der Waals surface area contributed by atoms with Crippen LogP contribution in [0.15, 0.2) is 34.1 Å². The molecule has 0 spiro atoms. The first-order chi connectivity index (χ1) is 7.93. The molecule has 1 unspecified atom stereocenters. The van der Waals surface area contributed by atoms with E-state index in [-0.39, 0.29) is 16.2 Å². The Morgan fingerprint density at radius 1 is 1.35 bits per heavy atom. The summed E-state index contributed by atoms with van der Waals surface area (Å²) in [5.41, 5.74) is 0.639. The van der Waals surface area contributed by atoms with Gasteiger partial charge in [-0.05, 0) is 17.7 Å². The van der Waals surface area contributed by atoms with Gasteiger partial charge in [-0.25, -0.2) is 8.42 Å². The molecular weight excluding hydrogens is 240 g/mol. The van der Waals surface area contributed by atoms with Gasteiger partial charge in [-0.2, -0.15) is 0 Å². The molecule has 0 aromatic heterocycles. The van der Waals surface area contributed by atoms with Crippen molar-refractivity contribution >= 4 is 21.9 Å². The zero-order valence-corrected chi connectivity index (χ0v) is 10.1. The van der Waals surface area contributed by atoms with Crippen LogP contribution in [0.2, 0.25) is 0 Å². The molecule has 1 aliphatic heterocycles. The van der Waals surface area contributed by atoms with Crippen LogP contribution in [0.4, 0.5) is 0 Å². The van der Waals surface area contributed by atoms with Crippen LogP contribution in [0, 0.1) is 5.92 Å². The van der Waals surface area contributed by atoms with Gasteiger partial charge < -0.3 is 5.11 Å². The van der Waals surface area contributed by atoms with Crippen LogP contribution < -0.4 is 0 Å². The number of carboxylic acid groups (broad SMARTS) is 1. The number of fused-ring (bicyclic) bond motifs is 1. The number of benzene rings is 1. The lowest BCUT2D eigenvalue weighted by Gasteiger charge is -2.09. The van der Waals surface area contributed by atoms with Gasteiger partial charge in [0.25, 0.3) is 0 Å². The van der Waals surface area contributed by atoms with Crippen LogP contribution in [-0.2, 0) is 14.6 Å². The molecule has 0 fully saturated rings. The highest BCUT2D eigenvalue weighted by molar-refractivity contribution is 7.95. The molecule has 0 bridgehead atoms. The summed E-state index contributed by atoms with van der Waals surface area (Å²) in [6, 6.07) is 6.68. The molecule has 0 radical (unpaired) electrons. The monoisotopic (exact) mass is 252 g/mol. The lowest BCUT2D eigenvalue weighted by Crippen LogP contribution is -2.12. The van der Waals surface area contributed by atoms with E-state index in [0.717, 1.165) is 0 Å². The second-order valence-electron chi connectivity index (χ2n) is 4.09. The average Bonchev–Trinajstić information content (AvgIpc) is 2.51. The fourth-order valence-electron chi connectivity index (χ4n) is 1.97. The highest BCUT2D eigenvalue weighted by Gasteiger charge is 2.33. The molecule has 17 heavy (non-hydrogen) atoms. The Morgan fingerprint density at radius 2 is 2.00 bits per heavy atom. The lowest BCUT2D eigenvalue weighted by atomic mass is 10.1. The average molecular weight is 252 g/mol. The van der Waals surface area contributed by atoms with Gasteiger partial charge in [-0.1, -0.05) is 25.1 Å². The Balaban J connectivity index is 2.44. The largest absolute Gasteiger partial charge is 0.481 e. The van der Waals surface area contributed by atoms with E-state index in [9.17, 15) is 13.2 Å². The SMILES string of the molecule is CC(CC(=O)O)C1=Cc2ccccc2S1(=O)=O. The lowest BCUT2D eigenvalue weighted by molar-refractivity contribution is -0.137. The van der Waals surface area contributed by atoms with Crippen LogP contribution in [0.5, 0.6) is 0 Å². The number of hydrogen-bond donors (Lipinski definition) is 1. The number of carbonyl (C=O) groups is 1. The fraction of sp³-hybridized carbons (Fsp3) is 0.250. The number of aliphatic carboxylic acids is 1. The molecule has 5 heteroatoms. The Kier molecular flexibility index (Phi) is 2.79. The number of rotatable bonds is 3. The minimum Gasteiger partial charge on any atom is -0.481 e. The molecule has 90 valence electrons. The van der Waals surface area contributed by atoms with Crippen molar-refractivity contribution in [2.75, 3.05) is 0 Å². The van der Waals surface area contributed by atoms with Crippen molar-refractivity contribution in [2.45, 2.75) is 18.2 Å². The van der Waals surface area contributed by atoms with E-state index in [0.29, 0.717) is 5.56 Å². The minimum absolute atomic E-state index is 0.181. The van der Waals surface area contributed by atoms with Crippen molar-refractivity contribution in [3.8, 4) is 0 Å². The van der Waals surface area contributed by atoms with E-state index in [4.69, 9.17) is 5.11 Å². The molecule has 1 N–H and O–H groups in total. The summed E-state index contributed by atoms with van der Waals surface area (Å²) in [7, 11) is -3.49. The van der Waals surface area contributed by atoms with Crippen molar-refractivity contribution < 1.29 is 18.3 Å². The molecular formula is C12H12O4S. The molecule has 2 rings (SSSR count). The number of allylic oxidation sites excluding steroid dienone is 1. The summed E-state index contributed by atoms with van der Waals surface area (Å²) in [6.07, 6.45) is 1.39. The zero-order valence-electron chi connectivity index (χ0n) is 9.25. The van der Waals surface area contributed by atoms with Gasteiger partial charge in [0.15, 0.2) is 0 Å². The molecule has 0 saturated heterocycles. The highest BCUT2D eigenvalue weighted by Crippen LogP contribution is 2.37. The summed E-state index contributed by atoms with van der Waals surface area (Å²) in [5, 5.41) is 8.71. The van der Waals surface area contributed by atoms with E-state index < -0.39 is 21.7 Å². The third kappa shape index (κ3) is 1.98. The minimum atomic E-state index is -3.49. The molecule has 1 heterocycles. The molecule has 4 nitrogen and oxygen atoms in total. The summed E-state index contributed by atoms with van der Waals surface area (Å²) in [5.74, 6) is -1.51. The van der Waals surface area contributed by atoms with Crippen molar-refractivity contribution in [2.24, 2.45) is 5.92 Å². The third-order valence-corrected chi connectivity index (χ3v) is 4.87. The predicted molar refractivity (Wildman–Crippen MR) is 63.0 cm³/mol. The summed E-state index contributed by atoms with van der Waals surface area (Å²) >= 11 is 0. The Hall–Kier alpha value is -1.62. The van der Waals surface area contributed by atoms with E-state index in [1.807, 2.05) is 0 Å². The fourth-order valence-corrected chi connectivity index (χ4v) is 3.82. The zero-order chi connectivity index (χ0) is 12.6. The summed E-state index contributed by atoms with van der Waals surface area (Å²) in [6.45, 7) is 1.61. The van der Waals surface area contributed by atoms with Gasteiger partial charge >= 0.3 is 5.97 Å². The van der Waals surface area contributed by atoms with Crippen LogP contribution >= 0.6 is 0 Å². The molecule has 1 aliphatic rings. The number of carboxylic acids is 1. The van der Waals surface area contributed by atoms with Crippen LogP contribution in [-0.4, -0.2) is 19.5 Å². The van der Waals surface area contributed by atoms with Gasteiger partial charge in [0.05, 0.1) is 16.2 Å². The molecule has 1 aromatic rings. The standard InChI is InChI=1S/C12H12O4S/c1-8(6-12(13)14)11-7-9-4-2-3-5-10(9)17(11,15)16/h2-5,7-8H,6H2,1H3,(H,13,14). The normalized spacial score (nSPS) is 18.3. The predicted octanol–water partition coefficient (Wildman–Crippen LogP) is 1.93.